The fraction of sp³-hybridized carbons (Fsp3) is 0.400. The van der Waals surface area contributed by atoms with Crippen LogP contribution in [0.5, 0.6) is 0 Å². The Morgan fingerprint density at radius 3 is 2.65 bits per heavy atom. The second-order valence-corrected chi connectivity index (χ2v) is 5.54. The third kappa shape index (κ3) is 3.92. The number of halogens is 2. The molecule has 7 heteroatoms. The van der Waals surface area contributed by atoms with E-state index in [9.17, 15) is 12.8 Å². The zero-order valence-electron chi connectivity index (χ0n) is 9.33. The fourth-order valence-corrected chi connectivity index (χ4v) is 2.06. The van der Waals surface area contributed by atoms with Gasteiger partial charge in [-0.25, -0.2) is 17.9 Å². The molecule has 0 atom stereocenters. The van der Waals surface area contributed by atoms with Crippen molar-refractivity contribution in [2.24, 2.45) is 5.14 Å². The van der Waals surface area contributed by atoms with Gasteiger partial charge in [-0.05, 0) is 30.7 Å². The van der Waals surface area contributed by atoms with E-state index in [1.165, 1.54) is 6.07 Å². The lowest BCUT2D eigenvalue weighted by molar-refractivity contribution is 0.590. The summed E-state index contributed by atoms with van der Waals surface area (Å²) in [5.41, 5.74) is 0.379. The molecule has 0 aromatic heterocycles. The minimum Gasteiger partial charge on any atom is -0.313 e. The summed E-state index contributed by atoms with van der Waals surface area (Å²) in [6, 6.07) is 2.10. The van der Waals surface area contributed by atoms with Crippen molar-refractivity contribution in [3.05, 3.63) is 28.5 Å². The van der Waals surface area contributed by atoms with Gasteiger partial charge < -0.3 is 5.32 Å². The van der Waals surface area contributed by atoms with Crippen LogP contribution in [0.4, 0.5) is 4.39 Å². The van der Waals surface area contributed by atoms with Crippen molar-refractivity contribution in [2.45, 2.75) is 24.8 Å². The minimum atomic E-state index is -3.92. The van der Waals surface area contributed by atoms with Crippen molar-refractivity contribution in [1.82, 2.24) is 5.32 Å². The van der Waals surface area contributed by atoms with Crippen molar-refractivity contribution in [2.75, 3.05) is 6.54 Å². The van der Waals surface area contributed by atoms with Gasteiger partial charge in [0.25, 0.3) is 0 Å². The summed E-state index contributed by atoms with van der Waals surface area (Å²) in [7, 11) is -3.92. The van der Waals surface area contributed by atoms with Gasteiger partial charge in [-0.3, -0.25) is 0 Å². The highest BCUT2D eigenvalue weighted by molar-refractivity contribution is 7.89. The Kier molecular flexibility index (Phi) is 4.88. The van der Waals surface area contributed by atoms with Crippen molar-refractivity contribution in [1.29, 1.82) is 0 Å². The molecule has 0 unspecified atom stereocenters. The van der Waals surface area contributed by atoms with E-state index in [-0.39, 0.29) is 9.92 Å². The standard InChI is InChI=1S/C10H14ClFN2O2S/c1-2-3-14-6-7-4-8(17(13,15)16)5-9(12)10(7)11/h4-5,14H,2-3,6H2,1H3,(H2,13,15,16). The predicted molar refractivity (Wildman–Crippen MR) is 64.8 cm³/mol. The van der Waals surface area contributed by atoms with Crippen LogP contribution in [-0.2, 0) is 16.6 Å². The maximum Gasteiger partial charge on any atom is 0.238 e. The number of benzene rings is 1. The van der Waals surface area contributed by atoms with Gasteiger partial charge in [0.05, 0.1) is 9.92 Å². The smallest absolute Gasteiger partial charge is 0.238 e. The lowest BCUT2D eigenvalue weighted by atomic mass is 10.2. The molecular weight excluding hydrogens is 267 g/mol. The molecule has 0 saturated carbocycles. The first-order valence-corrected chi connectivity index (χ1v) is 7.00. The van der Waals surface area contributed by atoms with Crippen molar-refractivity contribution in [3.8, 4) is 0 Å². The highest BCUT2D eigenvalue weighted by Crippen LogP contribution is 2.23. The molecule has 0 aliphatic carbocycles. The van der Waals surface area contributed by atoms with E-state index in [2.05, 4.69) is 5.32 Å². The highest BCUT2D eigenvalue weighted by atomic mass is 35.5. The number of nitrogens with two attached hydrogens (primary N) is 1. The largest absolute Gasteiger partial charge is 0.313 e. The predicted octanol–water partition coefficient (Wildman–Crippen LogP) is 1.63. The molecule has 1 aromatic carbocycles. The lowest BCUT2D eigenvalue weighted by Gasteiger charge is -2.08. The van der Waals surface area contributed by atoms with Gasteiger partial charge >= 0.3 is 0 Å². The molecule has 4 nitrogen and oxygen atoms in total. The second-order valence-electron chi connectivity index (χ2n) is 3.60. The van der Waals surface area contributed by atoms with Gasteiger partial charge in [-0.2, -0.15) is 0 Å². The molecule has 0 heterocycles. The topological polar surface area (TPSA) is 72.2 Å². The van der Waals surface area contributed by atoms with E-state index in [1.807, 2.05) is 6.92 Å². The number of hydrogen-bond donors (Lipinski definition) is 2. The Bertz CT molecular complexity index is 505. The summed E-state index contributed by atoms with van der Waals surface area (Å²) in [6.45, 7) is 3.01. The summed E-state index contributed by atoms with van der Waals surface area (Å²) in [5, 5.41) is 7.87. The van der Waals surface area contributed by atoms with Crippen molar-refractivity contribution in [3.63, 3.8) is 0 Å². The Morgan fingerprint density at radius 1 is 1.47 bits per heavy atom. The van der Waals surface area contributed by atoms with Crippen LogP contribution in [0.2, 0.25) is 5.02 Å². The summed E-state index contributed by atoms with van der Waals surface area (Å²) >= 11 is 5.74. The van der Waals surface area contributed by atoms with E-state index in [0.29, 0.717) is 12.1 Å². The molecule has 0 aliphatic heterocycles. The van der Waals surface area contributed by atoms with E-state index in [1.54, 1.807) is 0 Å². The maximum absolute atomic E-state index is 13.4. The summed E-state index contributed by atoms with van der Waals surface area (Å²) in [6.07, 6.45) is 0.912. The summed E-state index contributed by atoms with van der Waals surface area (Å²) in [5.74, 6) is -0.786. The number of rotatable bonds is 5. The summed E-state index contributed by atoms with van der Waals surface area (Å²) in [4.78, 5) is -0.271. The Balaban J connectivity index is 3.08. The third-order valence-electron chi connectivity index (χ3n) is 2.15. The fourth-order valence-electron chi connectivity index (χ4n) is 1.31. The summed E-state index contributed by atoms with van der Waals surface area (Å²) < 4.78 is 35.7. The zero-order valence-corrected chi connectivity index (χ0v) is 10.9. The molecule has 0 radical (unpaired) electrons. The normalized spacial score (nSPS) is 11.8. The highest BCUT2D eigenvalue weighted by Gasteiger charge is 2.15. The SMILES string of the molecule is CCCNCc1cc(S(N)(=O)=O)cc(F)c1Cl. The van der Waals surface area contributed by atoms with Crippen molar-refractivity contribution >= 4 is 21.6 Å². The van der Waals surface area contributed by atoms with Crippen LogP contribution < -0.4 is 10.5 Å². The van der Waals surface area contributed by atoms with Gasteiger partial charge in [0.1, 0.15) is 5.82 Å². The van der Waals surface area contributed by atoms with Crippen molar-refractivity contribution < 1.29 is 12.8 Å². The van der Waals surface area contributed by atoms with Gasteiger partial charge in [-0.1, -0.05) is 18.5 Å². The van der Waals surface area contributed by atoms with E-state index in [4.69, 9.17) is 16.7 Å². The molecule has 96 valence electrons. The number of hydrogen-bond acceptors (Lipinski definition) is 3. The third-order valence-corrected chi connectivity index (χ3v) is 3.46. The molecule has 0 saturated heterocycles. The van der Waals surface area contributed by atoms with Gasteiger partial charge in [0.15, 0.2) is 0 Å². The van der Waals surface area contributed by atoms with Crippen LogP contribution >= 0.6 is 11.6 Å². The van der Waals surface area contributed by atoms with Crippen LogP contribution in [0.3, 0.4) is 0 Å². The minimum absolute atomic E-state index is 0.0824. The molecule has 17 heavy (non-hydrogen) atoms. The number of sulfonamides is 1. The molecule has 0 amide bonds. The first kappa shape index (κ1) is 14.4. The molecule has 0 bridgehead atoms. The Labute approximate surface area is 105 Å². The van der Waals surface area contributed by atoms with Crippen LogP contribution in [0.1, 0.15) is 18.9 Å². The molecule has 0 fully saturated rings. The van der Waals surface area contributed by atoms with Gasteiger partial charge in [0, 0.05) is 6.54 Å². The number of nitrogens with one attached hydrogen (secondary N) is 1. The van der Waals surface area contributed by atoms with E-state index in [0.717, 1.165) is 19.0 Å². The van der Waals surface area contributed by atoms with Crippen LogP contribution in [0, 0.1) is 5.82 Å². The average molecular weight is 281 g/mol. The van der Waals surface area contributed by atoms with Gasteiger partial charge in [-0.15, -0.1) is 0 Å². The first-order valence-electron chi connectivity index (χ1n) is 5.07. The Hall–Kier alpha value is -0.690. The molecule has 0 aliphatic rings. The quantitative estimate of drug-likeness (QED) is 0.805. The molecule has 1 rings (SSSR count). The molecule has 1 aromatic rings. The average Bonchev–Trinajstić information content (AvgIpc) is 2.22. The number of primary sulfonamides is 1. The molecular formula is C10H14ClFN2O2S. The van der Waals surface area contributed by atoms with E-state index >= 15 is 0 Å². The molecule has 0 spiro atoms. The van der Waals surface area contributed by atoms with Crippen LogP contribution in [0.15, 0.2) is 17.0 Å². The zero-order chi connectivity index (χ0) is 13.1. The first-order chi connectivity index (χ1) is 7.86. The maximum atomic E-state index is 13.4. The van der Waals surface area contributed by atoms with Gasteiger partial charge in [0.2, 0.25) is 10.0 Å². The van der Waals surface area contributed by atoms with E-state index < -0.39 is 15.8 Å². The van der Waals surface area contributed by atoms with Crippen LogP contribution in [-0.4, -0.2) is 15.0 Å². The second kappa shape index (κ2) is 5.77. The molecule has 3 N–H and O–H groups in total. The van der Waals surface area contributed by atoms with Crippen LogP contribution in [0.25, 0.3) is 0 Å². The Morgan fingerprint density at radius 2 is 2.12 bits per heavy atom. The lowest BCUT2D eigenvalue weighted by Crippen LogP contribution is -2.17. The monoisotopic (exact) mass is 280 g/mol.